The van der Waals surface area contributed by atoms with Crippen LogP contribution in [0.4, 0.5) is 4.39 Å². The van der Waals surface area contributed by atoms with Gasteiger partial charge in [-0.25, -0.2) is 17.1 Å². The van der Waals surface area contributed by atoms with Crippen molar-refractivity contribution in [2.24, 2.45) is 0 Å². The molecule has 2 rings (SSSR count). The van der Waals surface area contributed by atoms with Crippen molar-refractivity contribution in [3.8, 4) is 5.75 Å². The van der Waals surface area contributed by atoms with Crippen LogP contribution in [-0.2, 0) is 10.0 Å². The zero-order chi connectivity index (χ0) is 17.0. The summed E-state index contributed by atoms with van der Waals surface area (Å²) in [5.41, 5.74) is 0. The highest BCUT2D eigenvalue weighted by Crippen LogP contribution is 2.21. The van der Waals surface area contributed by atoms with Gasteiger partial charge in [0, 0.05) is 33.2 Å². The van der Waals surface area contributed by atoms with Crippen LogP contribution < -0.4 is 4.74 Å². The monoisotopic (exact) mass is 346 g/mol. The molecule has 1 aliphatic rings. The standard InChI is InChI=1S/C15H23FN2O4S/c1-17(2)23(20,21)15-5-3-14(4-6-15)22-8-7-18-10-12(16)9-13(18)11-19/h3-6,12-13,19H,7-11H2,1-2H3/t12-,13-/m0/s1. The smallest absolute Gasteiger partial charge is 0.242 e. The van der Waals surface area contributed by atoms with E-state index in [1.165, 1.54) is 26.2 Å². The van der Waals surface area contributed by atoms with Crippen molar-refractivity contribution in [3.05, 3.63) is 24.3 Å². The third-order valence-electron chi connectivity index (χ3n) is 3.94. The van der Waals surface area contributed by atoms with Crippen LogP contribution in [0.15, 0.2) is 29.2 Å². The number of nitrogens with zero attached hydrogens (tertiary/aromatic N) is 2. The molecule has 130 valence electrons. The van der Waals surface area contributed by atoms with Crippen molar-refractivity contribution >= 4 is 10.0 Å². The number of rotatable bonds is 7. The third-order valence-corrected chi connectivity index (χ3v) is 5.77. The van der Waals surface area contributed by atoms with Crippen LogP contribution in [-0.4, -0.2) is 75.3 Å². The molecule has 1 aromatic rings. The van der Waals surface area contributed by atoms with Gasteiger partial charge in [0.2, 0.25) is 10.0 Å². The number of likely N-dealkylation sites (tertiary alicyclic amines) is 1. The first-order valence-electron chi connectivity index (χ1n) is 7.49. The Hall–Kier alpha value is -1.22. The predicted molar refractivity (Wildman–Crippen MR) is 84.8 cm³/mol. The molecule has 1 aromatic carbocycles. The fourth-order valence-corrected chi connectivity index (χ4v) is 3.49. The highest BCUT2D eigenvalue weighted by Gasteiger charge is 2.31. The molecule has 23 heavy (non-hydrogen) atoms. The van der Waals surface area contributed by atoms with Gasteiger partial charge in [0.05, 0.1) is 11.5 Å². The Bertz CT molecular complexity index is 606. The molecule has 1 heterocycles. The fraction of sp³-hybridized carbons (Fsp3) is 0.600. The maximum atomic E-state index is 13.3. The van der Waals surface area contributed by atoms with Crippen molar-refractivity contribution in [3.63, 3.8) is 0 Å². The zero-order valence-electron chi connectivity index (χ0n) is 13.4. The number of aliphatic hydroxyl groups is 1. The lowest BCUT2D eigenvalue weighted by Gasteiger charge is -2.22. The summed E-state index contributed by atoms with van der Waals surface area (Å²) < 4.78 is 44.0. The van der Waals surface area contributed by atoms with Crippen molar-refractivity contribution in [2.75, 3.05) is 40.4 Å². The van der Waals surface area contributed by atoms with Crippen molar-refractivity contribution in [1.29, 1.82) is 0 Å². The maximum Gasteiger partial charge on any atom is 0.242 e. The molecule has 1 aliphatic heterocycles. The summed E-state index contributed by atoms with van der Waals surface area (Å²) in [5.74, 6) is 0.555. The van der Waals surface area contributed by atoms with Gasteiger partial charge >= 0.3 is 0 Å². The van der Waals surface area contributed by atoms with Gasteiger partial charge in [-0.05, 0) is 30.7 Å². The number of sulfonamides is 1. The normalized spacial score (nSPS) is 22.7. The minimum Gasteiger partial charge on any atom is -0.492 e. The van der Waals surface area contributed by atoms with E-state index < -0.39 is 16.2 Å². The van der Waals surface area contributed by atoms with Gasteiger partial charge in [-0.2, -0.15) is 0 Å². The Morgan fingerprint density at radius 3 is 2.57 bits per heavy atom. The van der Waals surface area contributed by atoms with E-state index in [4.69, 9.17) is 4.74 Å². The van der Waals surface area contributed by atoms with E-state index in [2.05, 4.69) is 0 Å². The lowest BCUT2D eigenvalue weighted by Crippen LogP contribution is -2.35. The molecule has 0 bridgehead atoms. The second-order valence-corrected chi connectivity index (χ2v) is 7.92. The Morgan fingerprint density at radius 2 is 2.00 bits per heavy atom. The SMILES string of the molecule is CN(C)S(=O)(=O)c1ccc(OCCN2C[C@@H](F)C[C@H]2CO)cc1. The summed E-state index contributed by atoms with van der Waals surface area (Å²) in [7, 11) is -0.489. The lowest BCUT2D eigenvalue weighted by atomic mass is 10.2. The van der Waals surface area contributed by atoms with Crippen LogP contribution in [0.25, 0.3) is 0 Å². The molecule has 0 unspecified atom stereocenters. The molecule has 0 saturated carbocycles. The predicted octanol–water partition coefficient (Wildman–Crippen LogP) is 0.720. The summed E-state index contributed by atoms with van der Waals surface area (Å²) in [6.45, 7) is 1.12. The minimum atomic E-state index is -3.44. The number of aliphatic hydroxyl groups excluding tert-OH is 1. The Labute approximate surface area is 136 Å². The summed E-state index contributed by atoms with van der Waals surface area (Å²) in [4.78, 5) is 2.07. The van der Waals surface area contributed by atoms with E-state index in [0.29, 0.717) is 31.9 Å². The molecule has 1 saturated heterocycles. The number of hydrogen-bond donors (Lipinski definition) is 1. The highest BCUT2D eigenvalue weighted by atomic mass is 32.2. The van der Waals surface area contributed by atoms with E-state index >= 15 is 0 Å². The third kappa shape index (κ3) is 4.41. The van der Waals surface area contributed by atoms with Crippen molar-refractivity contribution in [1.82, 2.24) is 9.21 Å². The second kappa shape index (κ2) is 7.57. The van der Waals surface area contributed by atoms with Gasteiger partial charge in [-0.3, -0.25) is 4.90 Å². The summed E-state index contributed by atoms with van der Waals surface area (Å²) in [6, 6.07) is 6.04. The number of hydrogen-bond acceptors (Lipinski definition) is 5. The van der Waals surface area contributed by atoms with Gasteiger partial charge in [0.25, 0.3) is 0 Å². The zero-order valence-corrected chi connectivity index (χ0v) is 14.2. The molecule has 1 fully saturated rings. The van der Waals surface area contributed by atoms with Gasteiger partial charge in [0.15, 0.2) is 0 Å². The average molecular weight is 346 g/mol. The Kier molecular flexibility index (Phi) is 5.96. The number of halogens is 1. The first kappa shape index (κ1) is 18.1. The molecule has 1 N–H and O–H groups in total. The van der Waals surface area contributed by atoms with Crippen LogP contribution in [0.3, 0.4) is 0 Å². The Morgan fingerprint density at radius 1 is 1.35 bits per heavy atom. The van der Waals surface area contributed by atoms with Gasteiger partial charge in [-0.15, -0.1) is 0 Å². The fourth-order valence-electron chi connectivity index (χ4n) is 2.59. The Balaban J connectivity index is 1.87. The molecule has 0 radical (unpaired) electrons. The summed E-state index contributed by atoms with van der Waals surface area (Å²) in [6.07, 6.45) is -0.546. The number of alkyl halides is 1. The van der Waals surface area contributed by atoms with Crippen LogP contribution in [0.2, 0.25) is 0 Å². The first-order valence-corrected chi connectivity index (χ1v) is 8.93. The summed E-state index contributed by atoms with van der Waals surface area (Å²) >= 11 is 0. The van der Waals surface area contributed by atoms with Crippen LogP contribution in [0.1, 0.15) is 6.42 Å². The minimum absolute atomic E-state index is 0.0580. The van der Waals surface area contributed by atoms with E-state index in [0.717, 1.165) is 4.31 Å². The maximum absolute atomic E-state index is 13.3. The summed E-state index contributed by atoms with van der Waals surface area (Å²) in [5, 5.41) is 9.21. The molecular formula is C15H23FN2O4S. The molecular weight excluding hydrogens is 323 g/mol. The highest BCUT2D eigenvalue weighted by molar-refractivity contribution is 7.89. The quantitative estimate of drug-likeness (QED) is 0.788. The van der Waals surface area contributed by atoms with Crippen LogP contribution in [0.5, 0.6) is 5.75 Å². The number of benzene rings is 1. The van der Waals surface area contributed by atoms with E-state index in [-0.39, 0.29) is 17.5 Å². The number of ether oxygens (including phenoxy) is 1. The van der Waals surface area contributed by atoms with Crippen LogP contribution >= 0.6 is 0 Å². The lowest BCUT2D eigenvalue weighted by molar-refractivity contribution is 0.138. The van der Waals surface area contributed by atoms with E-state index in [1.807, 2.05) is 4.90 Å². The van der Waals surface area contributed by atoms with E-state index in [1.54, 1.807) is 12.1 Å². The molecule has 0 aliphatic carbocycles. The molecule has 8 heteroatoms. The van der Waals surface area contributed by atoms with Crippen molar-refractivity contribution in [2.45, 2.75) is 23.5 Å². The van der Waals surface area contributed by atoms with Gasteiger partial charge < -0.3 is 9.84 Å². The first-order chi connectivity index (χ1) is 10.8. The second-order valence-electron chi connectivity index (χ2n) is 5.77. The van der Waals surface area contributed by atoms with Gasteiger partial charge in [0.1, 0.15) is 18.5 Å². The topological polar surface area (TPSA) is 70.1 Å². The van der Waals surface area contributed by atoms with Crippen molar-refractivity contribution < 1.29 is 22.7 Å². The van der Waals surface area contributed by atoms with Gasteiger partial charge in [-0.1, -0.05) is 0 Å². The molecule has 2 atom stereocenters. The molecule has 0 spiro atoms. The molecule has 6 nitrogen and oxygen atoms in total. The van der Waals surface area contributed by atoms with Crippen LogP contribution in [0, 0.1) is 0 Å². The average Bonchev–Trinajstić information content (AvgIpc) is 2.87. The molecule has 0 amide bonds. The molecule has 0 aromatic heterocycles. The largest absolute Gasteiger partial charge is 0.492 e. The van der Waals surface area contributed by atoms with E-state index in [9.17, 15) is 17.9 Å².